The SMILES string of the molecule is CCCn1c(=O)c(C)nc2cc(-c3noc(COc4ccc(F)cc4)n3)ccc21. The molecule has 8 heteroatoms. The highest BCUT2D eigenvalue weighted by molar-refractivity contribution is 5.80. The molecule has 0 amide bonds. The first kappa shape index (κ1) is 18.8. The summed E-state index contributed by atoms with van der Waals surface area (Å²) in [5, 5.41) is 4.00. The number of hydrogen-bond donors (Lipinski definition) is 0. The lowest BCUT2D eigenvalue weighted by Gasteiger charge is -2.10. The van der Waals surface area contributed by atoms with Crippen molar-refractivity contribution in [1.29, 1.82) is 0 Å². The van der Waals surface area contributed by atoms with Gasteiger partial charge in [0, 0.05) is 12.1 Å². The summed E-state index contributed by atoms with van der Waals surface area (Å²) in [5.41, 5.74) is 2.57. The van der Waals surface area contributed by atoms with Gasteiger partial charge in [0.1, 0.15) is 17.3 Å². The lowest BCUT2D eigenvalue weighted by molar-refractivity contribution is 0.242. The van der Waals surface area contributed by atoms with E-state index in [2.05, 4.69) is 15.1 Å². The van der Waals surface area contributed by atoms with Crippen LogP contribution in [0.5, 0.6) is 5.75 Å². The average molecular weight is 394 g/mol. The number of nitrogens with zero attached hydrogens (tertiary/aromatic N) is 4. The molecule has 0 spiro atoms. The van der Waals surface area contributed by atoms with Crippen molar-refractivity contribution in [3.8, 4) is 17.1 Å². The van der Waals surface area contributed by atoms with Gasteiger partial charge in [-0.05, 0) is 55.8 Å². The monoisotopic (exact) mass is 394 g/mol. The lowest BCUT2D eigenvalue weighted by atomic mass is 10.1. The van der Waals surface area contributed by atoms with Crippen LogP contribution in [0.15, 0.2) is 51.8 Å². The number of aromatic nitrogens is 4. The molecule has 0 fully saturated rings. The van der Waals surface area contributed by atoms with E-state index in [9.17, 15) is 9.18 Å². The largest absolute Gasteiger partial charge is 0.484 e. The van der Waals surface area contributed by atoms with Gasteiger partial charge in [0.15, 0.2) is 6.61 Å². The Labute approximate surface area is 165 Å². The summed E-state index contributed by atoms with van der Waals surface area (Å²) >= 11 is 0. The molecule has 2 aromatic heterocycles. The predicted molar refractivity (Wildman–Crippen MR) is 105 cm³/mol. The molecule has 0 aliphatic heterocycles. The fourth-order valence-corrected chi connectivity index (χ4v) is 3.07. The molecule has 4 rings (SSSR count). The van der Waals surface area contributed by atoms with E-state index < -0.39 is 0 Å². The van der Waals surface area contributed by atoms with E-state index in [1.54, 1.807) is 11.5 Å². The van der Waals surface area contributed by atoms with Crippen LogP contribution in [0.1, 0.15) is 24.9 Å². The third-order valence-electron chi connectivity index (χ3n) is 4.46. The zero-order valence-corrected chi connectivity index (χ0v) is 16.1. The first-order valence-corrected chi connectivity index (χ1v) is 9.27. The zero-order chi connectivity index (χ0) is 20.4. The Kier molecular flexibility index (Phi) is 5.07. The number of halogens is 1. The van der Waals surface area contributed by atoms with Gasteiger partial charge in [-0.1, -0.05) is 12.1 Å². The van der Waals surface area contributed by atoms with E-state index in [1.807, 2.05) is 25.1 Å². The fraction of sp³-hybridized carbons (Fsp3) is 0.238. The van der Waals surface area contributed by atoms with Gasteiger partial charge in [-0.15, -0.1) is 0 Å². The molecule has 29 heavy (non-hydrogen) atoms. The fourth-order valence-electron chi connectivity index (χ4n) is 3.07. The zero-order valence-electron chi connectivity index (χ0n) is 16.1. The highest BCUT2D eigenvalue weighted by atomic mass is 19.1. The van der Waals surface area contributed by atoms with Crippen molar-refractivity contribution in [2.24, 2.45) is 0 Å². The molecule has 0 saturated heterocycles. The molecular weight excluding hydrogens is 375 g/mol. The summed E-state index contributed by atoms with van der Waals surface area (Å²) in [6.45, 7) is 4.43. The Balaban J connectivity index is 1.59. The molecule has 0 N–H and O–H groups in total. The minimum Gasteiger partial charge on any atom is -0.484 e. The van der Waals surface area contributed by atoms with Crippen LogP contribution in [0.3, 0.4) is 0 Å². The van der Waals surface area contributed by atoms with Crippen LogP contribution in [0.25, 0.3) is 22.4 Å². The highest BCUT2D eigenvalue weighted by Gasteiger charge is 2.13. The second kappa shape index (κ2) is 7.83. The molecular formula is C21H19FN4O3. The summed E-state index contributed by atoms with van der Waals surface area (Å²) in [4.78, 5) is 21.1. The molecule has 148 valence electrons. The molecule has 0 saturated carbocycles. The van der Waals surface area contributed by atoms with Crippen LogP contribution in [-0.2, 0) is 13.2 Å². The van der Waals surface area contributed by atoms with Crippen molar-refractivity contribution in [1.82, 2.24) is 19.7 Å². The topological polar surface area (TPSA) is 83.0 Å². The molecule has 4 aromatic rings. The number of hydrogen-bond acceptors (Lipinski definition) is 6. The summed E-state index contributed by atoms with van der Waals surface area (Å²) in [5.74, 6) is 0.870. The minimum atomic E-state index is -0.332. The third-order valence-corrected chi connectivity index (χ3v) is 4.46. The van der Waals surface area contributed by atoms with Crippen molar-refractivity contribution < 1.29 is 13.7 Å². The molecule has 2 heterocycles. The maximum Gasteiger partial charge on any atom is 0.272 e. The van der Waals surface area contributed by atoms with Crippen LogP contribution >= 0.6 is 0 Å². The van der Waals surface area contributed by atoms with Gasteiger partial charge < -0.3 is 13.8 Å². The second-order valence-corrected chi connectivity index (χ2v) is 6.61. The van der Waals surface area contributed by atoms with Crippen molar-refractivity contribution in [3.05, 3.63) is 70.2 Å². The second-order valence-electron chi connectivity index (χ2n) is 6.61. The van der Waals surface area contributed by atoms with Gasteiger partial charge in [0.25, 0.3) is 11.4 Å². The Morgan fingerprint density at radius 2 is 1.93 bits per heavy atom. The van der Waals surface area contributed by atoms with Crippen LogP contribution < -0.4 is 10.3 Å². The summed E-state index contributed by atoms with van der Waals surface area (Å²) < 4.78 is 25.5. The first-order chi connectivity index (χ1) is 14.0. The van der Waals surface area contributed by atoms with Crippen LogP contribution in [0.4, 0.5) is 4.39 Å². The molecule has 0 aliphatic rings. The Hall–Kier alpha value is -3.55. The van der Waals surface area contributed by atoms with Gasteiger partial charge >= 0.3 is 0 Å². The van der Waals surface area contributed by atoms with E-state index in [-0.39, 0.29) is 18.0 Å². The van der Waals surface area contributed by atoms with Gasteiger partial charge in [0.2, 0.25) is 5.82 Å². The Morgan fingerprint density at radius 1 is 1.14 bits per heavy atom. The Bertz CT molecular complexity index is 1220. The van der Waals surface area contributed by atoms with E-state index >= 15 is 0 Å². The average Bonchev–Trinajstić information content (AvgIpc) is 3.20. The summed E-state index contributed by atoms with van der Waals surface area (Å²) in [6, 6.07) is 11.2. The molecule has 0 atom stereocenters. The van der Waals surface area contributed by atoms with E-state index in [1.165, 1.54) is 24.3 Å². The van der Waals surface area contributed by atoms with Gasteiger partial charge in [-0.2, -0.15) is 4.98 Å². The molecule has 0 radical (unpaired) electrons. The third kappa shape index (κ3) is 3.87. The normalized spacial score (nSPS) is 11.1. The molecule has 0 aliphatic carbocycles. The van der Waals surface area contributed by atoms with Crippen molar-refractivity contribution >= 4 is 11.0 Å². The van der Waals surface area contributed by atoms with Gasteiger partial charge in [-0.25, -0.2) is 9.37 Å². The Morgan fingerprint density at radius 3 is 2.69 bits per heavy atom. The van der Waals surface area contributed by atoms with E-state index in [4.69, 9.17) is 9.26 Å². The number of benzene rings is 2. The smallest absolute Gasteiger partial charge is 0.272 e. The van der Waals surface area contributed by atoms with E-state index in [0.717, 1.165) is 17.5 Å². The molecule has 0 bridgehead atoms. The highest BCUT2D eigenvalue weighted by Crippen LogP contribution is 2.22. The number of fused-ring (bicyclic) bond motifs is 1. The van der Waals surface area contributed by atoms with Crippen molar-refractivity contribution in [3.63, 3.8) is 0 Å². The molecule has 0 unspecified atom stereocenters. The number of aryl methyl sites for hydroxylation is 2. The van der Waals surface area contributed by atoms with E-state index in [0.29, 0.717) is 35.2 Å². The summed E-state index contributed by atoms with van der Waals surface area (Å²) in [6.07, 6.45) is 0.850. The lowest BCUT2D eigenvalue weighted by Crippen LogP contribution is -2.24. The predicted octanol–water partition coefficient (Wildman–Crippen LogP) is 3.88. The quantitative estimate of drug-likeness (QED) is 0.493. The van der Waals surface area contributed by atoms with Gasteiger partial charge in [0.05, 0.1) is 11.0 Å². The van der Waals surface area contributed by atoms with Crippen molar-refractivity contribution in [2.45, 2.75) is 33.4 Å². The van der Waals surface area contributed by atoms with Gasteiger partial charge in [-0.3, -0.25) is 4.79 Å². The maximum atomic E-state index is 12.9. The van der Waals surface area contributed by atoms with Crippen LogP contribution in [0, 0.1) is 12.7 Å². The van der Waals surface area contributed by atoms with Crippen LogP contribution in [-0.4, -0.2) is 19.7 Å². The van der Waals surface area contributed by atoms with Crippen molar-refractivity contribution in [2.75, 3.05) is 0 Å². The number of ether oxygens (including phenoxy) is 1. The minimum absolute atomic E-state index is 0.0691. The summed E-state index contributed by atoms with van der Waals surface area (Å²) in [7, 11) is 0. The molecule has 2 aromatic carbocycles. The maximum absolute atomic E-state index is 12.9. The number of rotatable bonds is 6. The molecule has 7 nitrogen and oxygen atoms in total. The van der Waals surface area contributed by atoms with Crippen LogP contribution in [0.2, 0.25) is 0 Å². The first-order valence-electron chi connectivity index (χ1n) is 9.27. The standard InChI is InChI=1S/C21H19FN4O3/c1-3-10-26-18-9-4-14(11-17(18)23-13(2)21(26)27)20-24-19(29-25-20)12-28-16-7-5-15(22)6-8-16/h4-9,11H,3,10,12H2,1-2H3.